The van der Waals surface area contributed by atoms with Gasteiger partial charge in [-0.2, -0.15) is 0 Å². The van der Waals surface area contributed by atoms with Crippen LogP contribution in [-0.2, 0) is 0 Å². The smallest absolute Gasteiger partial charge is 0.131 e. The van der Waals surface area contributed by atoms with E-state index in [4.69, 9.17) is 9.47 Å². The molecule has 0 unspecified atom stereocenters. The van der Waals surface area contributed by atoms with Crippen molar-refractivity contribution in [3.63, 3.8) is 0 Å². The summed E-state index contributed by atoms with van der Waals surface area (Å²) in [4.78, 5) is 2.51. The summed E-state index contributed by atoms with van der Waals surface area (Å²) < 4.78 is 10.9. The van der Waals surface area contributed by atoms with Gasteiger partial charge in [0.05, 0.1) is 19.8 Å². The first-order chi connectivity index (χ1) is 11.2. The van der Waals surface area contributed by atoms with Crippen LogP contribution in [0.5, 0.6) is 17.2 Å². The number of hydrogen-bond acceptors (Lipinski definition) is 5. The number of nitrogens with zero attached hydrogens (tertiary/aromatic N) is 1. The number of phenolic OH excluding ortho intramolecular Hbond substituents is 1. The molecule has 0 aromatic heterocycles. The summed E-state index contributed by atoms with van der Waals surface area (Å²) in [6, 6.07) is 3.82. The molecule has 1 saturated heterocycles. The fourth-order valence-corrected chi connectivity index (χ4v) is 4.12. The molecule has 1 aliphatic heterocycles. The van der Waals surface area contributed by atoms with Gasteiger partial charge in [-0.1, -0.05) is 12.8 Å². The van der Waals surface area contributed by atoms with Crippen LogP contribution in [0.3, 0.4) is 0 Å². The van der Waals surface area contributed by atoms with E-state index < -0.39 is 0 Å². The Kier molecular flexibility index (Phi) is 5.28. The predicted molar refractivity (Wildman–Crippen MR) is 90.4 cm³/mol. The molecule has 1 atom stereocenters. The van der Waals surface area contributed by atoms with Gasteiger partial charge in [0.1, 0.15) is 17.2 Å². The van der Waals surface area contributed by atoms with Gasteiger partial charge < -0.3 is 19.9 Å². The average Bonchev–Trinajstić information content (AvgIpc) is 3.11. The van der Waals surface area contributed by atoms with Gasteiger partial charge >= 0.3 is 0 Å². The van der Waals surface area contributed by atoms with Crippen LogP contribution in [0.1, 0.15) is 37.3 Å². The summed E-state index contributed by atoms with van der Waals surface area (Å²) in [5, 5.41) is 14.1. The van der Waals surface area contributed by atoms with Gasteiger partial charge in [-0.3, -0.25) is 4.90 Å². The van der Waals surface area contributed by atoms with E-state index in [1.165, 1.54) is 25.7 Å². The molecular formula is C18H28N2O3. The molecule has 5 heteroatoms. The molecule has 1 saturated carbocycles. The number of ether oxygens (including phenoxy) is 2. The number of nitrogens with one attached hydrogen (secondary N) is 1. The Morgan fingerprint density at radius 3 is 2.43 bits per heavy atom. The Morgan fingerprint density at radius 2 is 1.83 bits per heavy atom. The lowest BCUT2D eigenvalue weighted by molar-refractivity contribution is 0.120. The molecule has 1 aliphatic carbocycles. The average molecular weight is 320 g/mol. The topological polar surface area (TPSA) is 54.0 Å². The lowest BCUT2D eigenvalue weighted by Gasteiger charge is -2.39. The van der Waals surface area contributed by atoms with Crippen LogP contribution in [0, 0.1) is 5.92 Å². The molecule has 0 amide bonds. The minimum absolute atomic E-state index is 0.223. The first-order valence-corrected chi connectivity index (χ1v) is 8.64. The van der Waals surface area contributed by atoms with Gasteiger partial charge in [0.15, 0.2) is 0 Å². The third kappa shape index (κ3) is 3.40. The Hall–Kier alpha value is -1.46. The highest BCUT2D eigenvalue weighted by Gasteiger charge is 2.35. The molecular weight excluding hydrogens is 292 g/mol. The van der Waals surface area contributed by atoms with Crippen molar-refractivity contribution in [3.8, 4) is 17.2 Å². The van der Waals surface area contributed by atoms with Crippen molar-refractivity contribution in [2.24, 2.45) is 5.92 Å². The standard InChI is InChI=1S/C18H28N2O3/c1-22-14-11-15(21)17(16(12-14)23-2)18(13-5-3-4-6-13)20-9-7-19-8-10-20/h11-13,18-19,21H,3-10H2,1-2H3/t18-/m1/s1. The zero-order chi connectivity index (χ0) is 16.2. The summed E-state index contributed by atoms with van der Waals surface area (Å²) in [5.41, 5.74) is 0.933. The van der Waals surface area contributed by atoms with Gasteiger partial charge in [0.25, 0.3) is 0 Å². The molecule has 1 aromatic rings. The second-order valence-electron chi connectivity index (χ2n) is 6.54. The predicted octanol–water partition coefficient (Wildman–Crippen LogP) is 2.55. The maximum atomic E-state index is 10.7. The molecule has 0 bridgehead atoms. The Morgan fingerprint density at radius 1 is 1.13 bits per heavy atom. The second kappa shape index (κ2) is 7.41. The van der Waals surface area contributed by atoms with Crippen molar-refractivity contribution in [2.75, 3.05) is 40.4 Å². The summed E-state index contributed by atoms with van der Waals surface area (Å²) in [7, 11) is 3.28. The monoisotopic (exact) mass is 320 g/mol. The fourth-order valence-electron chi connectivity index (χ4n) is 4.12. The maximum Gasteiger partial charge on any atom is 0.131 e. The van der Waals surface area contributed by atoms with E-state index in [9.17, 15) is 5.11 Å². The van der Waals surface area contributed by atoms with E-state index in [-0.39, 0.29) is 11.8 Å². The van der Waals surface area contributed by atoms with E-state index in [2.05, 4.69) is 10.2 Å². The second-order valence-corrected chi connectivity index (χ2v) is 6.54. The highest BCUT2D eigenvalue weighted by Crippen LogP contribution is 2.47. The number of methoxy groups -OCH3 is 2. The lowest BCUT2D eigenvalue weighted by Crippen LogP contribution is -2.46. The highest BCUT2D eigenvalue weighted by atomic mass is 16.5. The maximum absolute atomic E-state index is 10.7. The van der Waals surface area contributed by atoms with Gasteiger partial charge in [-0.25, -0.2) is 0 Å². The van der Waals surface area contributed by atoms with E-state index >= 15 is 0 Å². The number of hydrogen-bond donors (Lipinski definition) is 2. The van der Waals surface area contributed by atoms with Gasteiger partial charge in [-0.15, -0.1) is 0 Å². The van der Waals surface area contributed by atoms with Gasteiger partial charge in [-0.05, 0) is 18.8 Å². The zero-order valence-corrected chi connectivity index (χ0v) is 14.2. The molecule has 23 heavy (non-hydrogen) atoms. The number of benzene rings is 1. The van der Waals surface area contributed by atoms with Crippen LogP contribution in [0.4, 0.5) is 0 Å². The Bertz CT molecular complexity index is 523. The van der Waals surface area contributed by atoms with E-state index in [1.807, 2.05) is 6.07 Å². The molecule has 3 rings (SSSR count). The molecule has 0 spiro atoms. The molecule has 2 N–H and O–H groups in total. The fraction of sp³-hybridized carbons (Fsp3) is 0.667. The minimum Gasteiger partial charge on any atom is -0.507 e. The van der Waals surface area contributed by atoms with Crippen molar-refractivity contribution in [3.05, 3.63) is 17.7 Å². The molecule has 0 radical (unpaired) electrons. The van der Waals surface area contributed by atoms with Crippen molar-refractivity contribution in [1.29, 1.82) is 0 Å². The Labute approximate surface area is 138 Å². The third-order valence-corrected chi connectivity index (χ3v) is 5.24. The van der Waals surface area contributed by atoms with Crippen LogP contribution in [0.15, 0.2) is 12.1 Å². The van der Waals surface area contributed by atoms with Crippen LogP contribution >= 0.6 is 0 Å². The number of piperazine rings is 1. The molecule has 1 heterocycles. The van der Waals surface area contributed by atoms with Gasteiger partial charge in [0, 0.05) is 44.4 Å². The van der Waals surface area contributed by atoms with Crippen molar-refractivity contribution >= 4 is 0 Å². The van der Waals surface area contributed by atoms with Crippen molar-refractivity contribution in [2.45, 2.75) is 31.7 Å². The molecule has 128 valence electrons. The molecule has 2 fully saturated rings. The van der Waals surface area contributed by atoms with E-state index in [1.54, 1.807) is 20.3 Å². The lowest BCUT2D eigenvalue weighted by atomic mass is 9.88. The van der Waals surface area contributed by atoms with Gasteiger partial charge in [0.2, 0.25) is 0 Å². The van der Waals surface area contributed by atoms with Crippen LogP contribution in [-0.4, -0.2) is 50.4 Å². The van der Waals surface area contributed by atoms with Crippen molar-refractivity contribution < 1.29 is 14.6 Å². The summed E-state index contributed by atoms with van der Waals surface area (Å²) >= 11 is 0. The quantitative estimate of drug-likeness (QED) is 0.873. The van der Waals surface area contributed by atoms with Crippen LogP contribution < -0.4 is 14.8 Å². The molecule has 5 nitrogen and oxygen atoms in total. The summed E-state index contributed by atoms with van der Waals surface area (Å²) in [6.07, 6.45) is 5.02. The third-order valence-electron chi connectivity index (χ3n) is 5.24. The zero-order valence-electron chi connectivity index (χ0n) is 14.2. The number of phenols is 1. The van der Waals surface area contributed by atoms with E-state index in [0.29, 0.717) is 11.7 Å². The first-order valence-electron chi connectivity index (χ1n) is 8.64. The summed E-state index contributed by atoms with van der Waals surface area (Å²) in [6.45, 7) is 4.02. The van der Waals surface area contributed by atoms with Crippen LogP contribution in [0.25, 0.3) is 0 Å². The normalized spacial score (nSPS) is 21.3. The SMILES string of the molecule is COc1cc(O)c([C@@H](C2CCCC2)N2CCNCC2)c(OC)c1. The number of rotatable bonds is 5. The van der Waals surface area contributed by atoms with Crippen molar-refractivity contribution in [1.82, 2.24) is 10.2 Å². The molecule has 2 aliphatic rings. The summed E-state index contributed by atoms with van der Waals surface area (Å²) in [5.74, 6) is 2.24. The minimum atomic E-state index is 0.223. The Balaban J connectivity index is 2.01. The largest absolute Gasteiger partial charge is 0.507 e. The van der Waals surface area contributed by atoms with E-state index in [0.717, 1.165) is 37.5 Å². The number of aromatic hydroxyl groups is 1. The molecule has 1 aromatic carbocycles. The van der Waals surface area contributed by atoms with Crippen LogP contribution in [0.2, 0.25) is 0 Å². The highest BCUT2D eigenvalue weighted by molar-refractivity contribution is 5.52. The first kappa shape index (κ1) is 16.4.